The Kier molecular flexibility index (Phi) is 6.18. The monoisotopic (exact) mass is 449 g/mol. The molecule has 3 heterocycles. The predicted octanol–water partition coefficient (Wildman–Crippen LogP) is 4.21. The van der Waals surface area contributed by atoms with Crippen molar-refractivity contribution in [2.45, 2.75) is 27.2 Å². The number of ether oxygens (including phenoxy) is 1. The first-order valence-electron chi connectivity index (χ1n) is 10.3. The first-order chi connectivity index (χ1) is 15.5. The van der Waals surface area contributed by atoms with Crippen LogP contribution in [0.5, 0.6) is 5.75 Å². The van der Waals surface area contributed by atoms with Gasteiger partial charge in [-0.3, -0.25) is 14.6 Å². The number of hydrogen-bond acceptors (Lipinski definition) is 6. The quantitative estimate of drug-likeness (QED) is 0.440. The van der Waals surface area contributed by atoms with Gasteiger partial charge in [0.1, 0.15) is 17.3 Å². The van der Waals surface area contributed by atoms with Crippen molar-refractivity contribution in [2.24, 2.45) is 0 Å². The molecule has 1 aromatic carbocycles. The van der Waals surface area contributed by atoms with E-state index in [0.717, 1.165) is 4.88 Å². The van der Waals surface area contributed by atoms with Crippen molar-refractivity contribution in [1.82, 2.24) is 19.7 Å². The molecule has 8 nitrogen and oxygen atoms in total. The van der Waals surface area contributed by atoms with Gasteiger partial charge in [-0.05, 0) is 56.0 Å². The van der Waals surface area contributed by atoms with Crippen LogP contribution in [0.2, 0.25) is 0 Å². The molecular formula is C23H23N5O3S. The van der Waals surface area contributed by atoms with Crippen LogP contribution in [0.25, 0.3) is 16.5 Å². The fourth-order valence-electron chi connectivity index (χ4n) is 3.35. The minimum atomic E-state index is -0.309. The van der Waals surface area contributed by atoms with Gasteiger partial charge in [-0.25, -0.2) is 4.98 Å². The third-order valence-electron chi connectivity index (χ3n) is 4.92. The Balaban J connectivity index is 1.72. The summed E-state index contributed by atoms with van der Waals surface area (Å²) in [5, 5.41) is 9.45. The van der Waals surface area contributed by atoms with Crippen LogP contribution in [-0.2, 0) is 6.42 Å². The summed E-state index contributed by atoms with van der Waals surface area (Å²) >= 11 is 1.53. The van der Waals surface area contributed by atoms with Crippen molar-refractivity contribution in [1.29, 1.82) is 0 Å². The molecule has 1 amide bonds. The molecule has 0 unspecified atom stereocenters. The Labute approximate surface area is 188 Å². The molecule has 0 saturated carbocycles. The maximum absolute atomic E-state index is 12.9. The first kappa shape index (κ1) is 21.5. The standard InChI is InChI=1S/C23H23N5O3S/c1-4-17-14(3)24-23(26-22(17)30)28-20(13-18(27-28)19-7-6-12-32-19)25-21(29)15-8-10-16(11-9-15)31-5-2/h6-13H,4-5H2,1-3H3,(H,25,29)(H,24,26,30). The summed E-state index contributed by atoms with van der Waals surface area (Å²) in [4.78, 5) is 33.7. The second-order valence-corrected chi connectivity index (χ2v) is 7.97. The maximum atomic E-state index is 12.9. The second kappa shape index (κ2) is 9.19. The van der Waals surface area contributed by atoms with E-state index in [-0.39, 0.29) is 17.4 Å². The lowest BCUT2D eigenvalue weighted by Gasteiger charge is -2.10. The van der Waals surface area contributed by atoms with E-state index in [1.807, 2.05) is 31.4 Å². The lowest BCUT2D eigenvalue weighted by molar-refractivity contribution is 0.102. The summed E-state index contributed by atoms with van der Waals surface area (Å²) in [5.74, 6) is 1.03. The molecule has 4 rings (SSSR count). The number of nitrogens with zero attached hydrogens (tertiary/aromatic N) is 3. The summed E-state index contributed by atoms with van der Waals surface area (Å²) in [6, 6.07) is 12.5. The predicted molar refractivity (Wildman–Crippen MR) is 125 cm³/mol. The van der Waals surface area contributed by atoms with Crippen LogP contribution in [-0.4, -0.2) is 32.3 Å². The summed E-state index contributed by atoms with van der Waals surface area (Å²) in [6.07, 6.45) is 0.579. The molecule has 0 aliphatic heterocycles. The molecule has 0 fully saturated rings. The van der Waals surface area contributed by atoms with Gasteiger partial charge in [0.05, 0.1) is 11.5 Å². The number of benzene rings is 1. The van der Waals surface area contributed by atoms with E-state index in [1.165, 1.54) is 16.0 Å². The van der Waals surface area contributed by atoms with Crippen molar-refractivity contribution in [3.63, 3.8) is 0 Å². The normalized spacial score (nSPS) is 10.8. The average molecular weight is 450 g/mol. The van der Waals surface area contributed by atoms with Crippen molar-refractivity contribution in [3.8, 4) is 22.3 Å². The van der Waals surface area contributed by atoms with Crippen LogP contribution in [0.4, 0.5) is 5.82 Å². The van der Waals surface area contributed by atoms with Crippen molar-refractivity contribution >= 4 is 23.1 Å². The van der Waals surface area contributed by atoms with Crippen LogP contribution >= 0.6 is 11.3 Å². The number of carbonyl (C=O) groups excluding carboxylic acids is 1. The molecule has 164 valence electrons. The second-order valence-electron chi connectivity index (χ2n) is 7.02. The lowest BCUT2D eigenvalue weighted by atomic mass is 10.2. The van der Waals surface area contributed by atoms with Gasteiger partial charge in [0.2, 0.25) is 5.95 Å². The van der Waals surface area contributed by atoms with Crippen LogP contribution in [0.1, 0.15) is 35.5 Å². The highest BCUT2D eigenvalue weighted by Crippen LogP contribution is 2.27. The van der Waals surface area contributed by atoms with Gasteiger partial charge in [-0.15, -0.1) is 11.3 Å². The topological polar surface area (TPSA) is 102 Å². The van der Waals surface area contributed by atoms with Crippen molar-refractivity contribution in [2.75, 3.05) is 11.9 Å². The molecule has 0 spiro atoms. The first-order valence-corrected chi connectivity index (χ1v) is 11.2. The van der Waals surface area contributed by atoms with E-state index in [1.54, 1.807) is 37.3 Å². The third kappa shape index (κ3) is 4.33. The highest BCUT2D eigenvalue weighted by molar-refractivity contribution is 7.13. The van der Waals surface area contributed by atoms with Crippen molar-refractivity contribution < 1.29 is 9.53 Å². The van der Waals surface area contributed by atoms with Crippen LogP contribution in [0, 0.1) is 6.92 Å². The van der Waals surface area contributed by atoms with E-state index in [2.05, 4.69) is 20.4 Å². The maximum Gasteiger partial charge on any atom is 0.256 e. The summed E-state index contributed by atoms with van der Waals surface area (Å²) in [7, 11) is 0. The van der Waals surface area contributed by atoms with E-state index >= 15 is 0 Å². The Morgan fingerprint density at radius 2 is 2.00 bits per heavy atom. The number of hydrogen-bond donors (Lipinski definition) is 2. The fourth-order valence-corrected chi connectivity index (χ4v) is 4.03. The average Bonchev–Trinajstić information content (AvgIpc) is 3.44. The zero-order valence-electron chi connectivity index (χ0n) is 18.0. The smallest absolute Gasteiger partial charge is 0.256 e. The Hall–Kier alpha value is -3.72. The number of carbonyl (C=O) groups is 1. The number of thiophene rings is 1. The molecule has 9 heteroatoms. The molecule has 0 aliphatic carbocycles. The molecule has 0 bridgehead atoms. The Bertz CT molecular complexity index is 1290. The minimum absolute atomic E-state index is 0.216. The molecule has 0 saturated heterocycles. The van der Waals surface area contributed by atoms with Crippen molar-refractivity contribution in [3.05, 3.63) is 75.0 Å². The third-order valence-corrected chi connectivity index (χ3v) is 5.81. The van der Waals surface area contributed by atoms with Crippen LogP contribution in [0.15, 0.2) is 52.6 Å². The summed E-state index contributed by atoms with van der Waals surface area (Å²) < 4.78 is 6.89. The number of amides is 1. The van der Waals surface area contributed by atoms with E-state index < -0.39 is 0 Å². The molecule has 0 atom stereocenters. The van der Waals surface area contributed by atoms with Gasteiger partial charge in [-0.2, -0.15) is 9.78 Å². The lowest BCUT2D eigenvalue weighted by Crippen LogP contribution is -2.22. The van der Waals surface area contributed by atoms with Gasteiger partial charge >= 0.3 is 0 Å². The number of H-pyrrole nitrogens is 1. The molecule has 3 aromatic heterocycles. The van der Waals surface area contributed by atoms with E-state index in [9.17, 15) is 9.59 Å². The van der Waals surface area contributed by atoms with Gasteiger partial charge in [0, 0.05) is 22.9 Å². The van der Waals surface area contributed by atoms with Gasteiger partial charge in [0.15, 0.2) is 0 Å². The number of aryl methyl sites for hydroxylation is 1. The molecular weight excluding hydrogens is 426 g/mol. The zero-order valence-corrected chi connectivity index (χ0v) is 18.8. The minimum Gasteiger partial charge on any atom is -0.494 e. The number of rotatable bonds is 7. The van der Waals surface area contributed by atoms with E-state index in [0.29, 0.717) is 47.1 Å². The van der Waals surface area contributed by atoms with Gasteiger partial charge in [0.25, 0.3) is 11.5 Å². The van der Waals surface area contributed by atoms with Crippen LogP contribution in [0.3, 0.4) is 0 Å². The summed E-state index contributed by atoms with van der Waals surface area (Å²) in [5.41, 5.74) is 2.18. The van der Waals surface area contributed by atoms with Crippen LogP contribution < -0.4 is 15.6 Å². The number of anilines is 1. The molecule has 2 N–H and O–H groups in total. The Morgan fingerprint density at radius 3 is 2.62 bits per heavy atom. The number of aromatic nitrogens is 4. The SMILES string of the molecule is CCOc1ccc(C(=O)Nc2cc(-c3cccs3)nn2-c2nc(C)c(CC)c(=O)[nH]2)cc1. The number of nitrogens with one attached hydrogen (secondary N) is 2. The van der Waals surface area contributed by atoms with Gasteiger partial charge < -0.3 is 10.1 Å². The summed E-state index contributed by atoms with van der Waals surface area (Å²) in [6.45, 7) is 6.15. The molecule has 0 aliphatic rings. The highest BCUT2D eigenvalue weighted by atomic mass is 32.1. The largest absolute Gasteiger partial charge is 0.494 e. The fraction of sp³-hybridized carbons (Fsp3) is 0.217. The Morgan fingerprint density at radius 1 is 1.22 bits per heavy atom. The molecule has 32 heavy (non-hydrogen) atoms. The zero-order chi connectivity index (χ0) is 22.7. The van der Waals surface area contributed by atoms with E-state index in [4.69, 9.17) is 4.74 Å². The number of aromatic amines is 1. The highest BCUT2D eigenvalue weighted by Gasteiger charge is 2.18. The van der Waals surface area contributed by atoms with Gasteiger partial charge in [-0.1, -0.05) is 13.0 Å². The molecule has 4 aromatic rings. The molecule has 0 radical (unpaired) electrons.